The summed E-state index contributed by atoms with van der Waals surface area (Å²) in [5.41, 5.74) is 2.23. The van der Waals surface area contributed by atoms with E-state index in [9.17, 15) is 4.79 Å². The zero-order valence-electron chi connectivity index (χ0n) is 10.3. The van der Waals surface area contributed by atoms with Crippen molar-refractivity contribution in [2.24, 2.45) is 0 Å². The Labute approximate surface area is 106 Å². The van der Waals surface area contributed by atoms with Crippen molar-refractivity contribution in [2.75, 3.05) is 0 Å². The highest BCUT2D eigenvalue weighted by Crippen LogP contribution is 2.13. The van der Waals surface area contributed by atoms with Gasteiger partial charge in [-0.05, 0) is 12.0 Å². The van der Waals surface area contributed by atoms with Crippen LogP contribution in [0.1, 0.15) is 35.0 Å². The van der Waals surface area contributed by atoms with Gasteiger partial charge in [0.1, 0.15) is 5.56 Å². The van der Waals surface area contributed by atoms with Crippen molar-refractivity contribution in [1.82, 2.24) is 9.78 Å². The van der Waals surface area contributed by atoms with Crippen LogP contribution in [0.3, 0.4) is 0 Å². The molecular weight excluding hydrogens is 228 g/mol. The number of hydrogen-bond acceptors (Lipinski definition) is 2. The average molecular weight is 244 g/mol. The lowest BCUT2D eigenvalue weighted by molar-refractivity contribution is 0.0695. The Hall–Kier alpha value is -2.10. The maximum atomic E-state index is 11.1. The van der Waals surface area contributed by atoms with Gasteiger partial charge in [-0.3, -0.25) is 4.68 Å². The van der Waals surface area contributed by atoms with Crippen LogP contribution in [0, 0.1) is 0 Å². The first kappa shape index (κ1) is 12.4. The molecule has 1 N–H and O–H groups in total. The Bertz CT molecular complexity index is 532. The largest absolute Gasteiger partial charge is 0.478 e. The molecule has 0 unspecified atom stereocenters. The number of aromatic carboxylic acids is 1. The quantitative estimate of drug-likeness (QED) is 0.879. The minimum absolute atomic E-state index is 0.313. The molecule has 0 aliphatic heterocycles. The molecular formula is C14H16N2O2. The van der Waals surface area contributed by atoms with Crippen LogP contribution in [0.15, 0.2) is 36.5 Å². The smallest absolute Gasteiger partial charge is 0.339 e. The first-order chi connectivity index (χ1) is 8.72. The molecule has 0 aliphatic rings. The Morgan fingerprint density at radius 3 is 2.67 bits per heavy atom. The topological polar surface area (TPSA) is 55.1 Å². The lowest BCUT2D eigenvalue weighted by atomic mass is 10.1. The highest BCUT2D eigenvalue weighted by atomic mass is 16.4. The van der Waals surface area contributed by atoms with Crippen molar-refractivity contribution in [3.63, 3.8) is 0 Å². The van der Waals surface area contributed by atoms with Gasteiger partial charge in [-0.15, -0.1) is 0 Å². The summed E-state index contributed by atoms with van der Waals surface area (Å²) in [6, 6.07) is 9.92. The van der Waals surface area contributed by atoms with Gasteiger partial charge in [-0.2, -0.15) is 5.10 Å². The fourth-order valence-electron chi connectivity index (χ4n) is 1.98. The predicted molar refractivity (Wildman–Crippen MR) is 68.7 cm³/mol. The third kappa shape index (κ3) is 2.59. The number of aromatic nitrogens is 2. The van der Waals surface area contributed by atoms with E-state index in [2.05, 4.69) is 5.10 Å². The van der Waals surface area contributed by atoms with Crippen molar-refractivity contribution in [2.45, 2.75) is 26.3 Å². The van der Waals surface area contributed by atoms with Gasteiger partial charge in [-0.1, -0.05) is 43.7 Å². The molecule has 2 aromatic rings. The third-order valence-corrected chi connectivity index (χ3v) is 2.84. The molecule has 0 saturated carbocycles. The lowest BCUT2D eigenvalue weighted by Gasteiger charge is -2.07. The van der Waals surface area contributed by atoms with Gasteiger partial charge in [0.2, 0.25) is 0 Å². The number of rotatable bonds is 5. The van der Waals surface area contributed by atoms with Crippen LogP contribution in [0.4, 0.5) is 0 Å². The number of carboxylic acid groups (broad SMARTS) is 1. The van der Waals surface area contributed by atoms with E-state index in [0.29, 0.717) is 12.1 Å². The second kappa shape index (κ2) is 5.49. The van der Waals surface area contributed by atoms with E-state index in [1.54, 1.807) is 4.68 Å². The molecule has 0 fully saturated rings. The molecule has 2 rings (SSSR count). The van der Waals surface area contributed by atoms with Gasteiger partial charge in [0.05, 0.1) is 18.4 Å². The molecule has 0 aliphatic carbocycles. The summed E-state index contributed by atoms with van der Waals surface area (Å²) in [5, 5.41) is 13.3. The highest BCUT2D eigenvalue weighted by molar-refractivity contribution is 5.88. The number of nitrogens with zero attached hydrogens (tertiary/aromatic N) is 2. The molecule has 4 nitrogen and oxygen atoms in total. The Morgan fingerprint density at radius 1 is 1.33 bits per heavy atom. The van der Waals surface area contributed by atoms with Gasteiger partial charge in [0.25, 0.3) is 0 Å². The maximum absolute atomic E-state index is 11.1. The molecule has 4 heteroatoms. The Balaban J connectivity index is 2.30. The van der Waals surface area contributed by atoms with Crippen LogP contribution in [0.2, 0.25) is 0 Å². The second-order valence-electron chi connectivity index (χ2n) is 4.20. The first-order valence-corrected chi connectivity index (χ1v) is 6.04. The summed E-state index contributed by atoms with van der Waals surface area (Å²) in [6.45, 7) is 2.65. The normalized spacial score (nSPS) is 10.5. The van der Waals surface area contributed by atoms with E-state index in [1.165, 1.54) is 6.20 Å². The van der Waals surface area contributed by atoms with E-state index < -0.39 is 5.97 Å². The SMILES string of the molecule is CCCc1c(C(=O)O)cnn1Cc1ccccc1. The number of carbonyl (C=O) groups is 1. The standard InChI is InChI=1S/C14H16N2O2/c1-2-6-13-12(14(17)18)9-15-16(13)10-11-7-4-3-5-8-11/h3-5,7-9H,2,6,10H2,1H3,(H,17,18). The first-order valence-electron chi connectivity index (χ1n) is 6.04. The van der Waals surface area contributed by atoms with Crippen LogP contribution < -0.4 is 0 Å². The van der Waals surface area contributed by atoms with Crippen molar-refractivity contribution in [3.8, 4) is 0 Å². The average Bonchev–Trinajstić information content (AvgIpc) is 2.74. The molecule has 18 heavy (non-hydrogen) atoms. The molecule has 0 bridgehead atoms. The monoisotopic (exact) mass is 244 g/mol. The van der Waals surface area contributed by atoms with Gasteiger partial charge in [0, 0.05) is 0 Å². The van der Waals surface area contributed by atoms with Gasteiger partial charge in [0.15, 0.2) is 0 Å². The van der Waals surface area contributed by atoms with Gasteiger partial charge >= 0.3 is 5.97 Å². The van der Waals surface area contributed by atoms with Crippen LogP contribution in [0.5, 0.6) is 0 Å². The summed E-state index contributed by atoms with van der Waals surface area (Å²) in [7, 11) is 0. The zero-order valence-corrected chi connectivity index (χ0v) is 10.3. The number of carboxylic acids is 1. The molecule has 0 atom stereocenters. The third-order valence-electron chi connectivity index (χ3n) is 2.84. The highest BCUT2D eigenvalue weighted by Gasteiger charge is 2.15. The van der Waals surface area contributed by atoms with Crippen LogP contribution >= 0.6 is 0 Å². The van der Waals surface area contributed by atoms with Gasteiger partial charge in [-0.25, -0.2) is 4.79 Å². The van der Waals surface area contributed by atoms with Crippen LogP contribution in [-0.2, 0) is 13.0 Å². The minimum Gasteiger partial charge on any atom is -0.478 e. The Morgan fingerprint density at radius 2 is 2.06 bits per heavy atom. The fourth-order valence-corrected chi connectivity index (χ4v) is 1.98. The van der Waals surface area contributed by atoms with Gasteiger partial charge < -0.3 is 5.11 Å². The van der Waals surface area contributed by atoms with E-state index >= 15 is 0 Å². The predicted octanol–water partition coefficient (Wildman–Crippen LogP) is 2.58. The molecule has 1 heterocycles. The second-order valence-corrected chi connectivity index (χ2v) is 4.20. The minimum atomic E-state index is -0.905. The van der Waals surface area contributed by atoms with E-state index in [4.69, 9.17) is 5.11 Å². The number of benzene rings is 1. The molecule has 1 aromatic heterocycles. The zero-order chi connectivity index (χ0) is 13.0. The van der Waals surface area contributed by atoms with Crippen LogP contribution in [0.25, 0.3) is 0 Å². The van der Waals surface area contributed by atoms with E-state index in [-0.39, 0.29) is 0 Å². The van der Waals surface area contributed by atoms with Crippen molar-refractivity contribution in [3.05, 3.63) is 53.3 Å². The summed E-state index contributed by atoms with van der Waals surface area (Å²) < 4.78 is 1.78. The number of hydrogen-bond donors (Lipinski definition) is 1. The van der Waals surface area contributed by atoms with Crippen LogP contribution in [-0.4, -0.2) is 20.9 Å². The van der Waals surface area contributed by atoms with Crippen molar-refractivity contribution >= 4 is 5.97 Å². The van der Waals surface area contributed by atoms with E-state index in [1.807, 2.05) is 37.3 Å². The van der Waals surface area contributed by atoms with E-state index in [0.717, 1.165) is 24.1 Å². The molecule has 1 aromatic carbocycles. The van der Waals surface area contributed by atoms with Crippen molar-refractivity contribution < 1.29 is 9.90 Å². The molecule has 0 amide bonds. The molecule has 94 valence electrons. The van der Waals surface area contributed by atoms with Crippen molar-refractivity contribution in [1.29, 1.82) is 0 Å². The summed E-state index contributed by atoms with van der Waals surface area (Å²) in [5.74, 6) is -0.905. The molecule has 0 radical (unpaired) electrons. The maximum Gasteiger partial charge on any atom is 0.339 e. The molecule has 0 saturated heterocycles. The fraction of sp³-hybridized carbons (Fsp3) is 0.286. The lowest BCUT2D eigenvalue weighted by Crippen LogP contribution is -2.09. The molecule has 0 spiro atoms. The summed E-state index contributed by atoms with van der Waals surface area (Å²) in [6.07, 6.45) is 3.07. The summed E-state index contributed by atoms with van der Waals surface area (Å²) in [4.78, 5) is 11.1. The Kier molecular flexibility index (Phi) is 3.77. The summed E-state index contributed by atoms with van der Waals surface area (Å²) >= 11 is 0.